The molecule has 0 aromatic carbocycles. The van der Waals surface area contributed by atoms with Crippen LogP contribution in [0.25, 0.3) is 0 Å². The number of piperazine rings is 1. The Balaban J connectivity index is 1.87. The summed E-state index contributed by atoms with van der Waals surface area (Å²) in [7, 11) is 0. The van der Waals surface area contributed by atoms with E-state index in [2.05, 4.69) is 15.2 Å². The minimum atomic E-state index is 0.0487. The molecule has 2 rings (SSSR count). The lowest BCUT2D eigenvalue weighted by Crippen LogP contribution is -2.44. The average molecular weight is 207 g/mol. The van der Waals surface area contributed by atoms with E-state index in [0.29, 0.717) is 0 Å². The molecule has 0 amide bonds. The molecule has 0 bridgehead atoms. The summed E-state index contributed by atoms with van der Waals surface area (Å²) in [6.07, 6.45) is 2.52. The monoisotopic (exact) mass is 207 g/mol. The fourth-order valence-electron chi connectivity index (χ4n) is 1.87. The zero-order chi connectivity index (χ0) is 10.5. The second-order valence-electron chi connectivity index (χ2n) is 3.87. The molecule has 1 aromatic rings. The Morgan fingerprint density at radius 2 is 2.13 bits per heavy atom. The van der Waals surface area contributed by atoms with Gasteiger partial charge >= 0.3 is 0 Å². The lowest BCUT2D eigenvalue weighted by Gasteiger charge is -2.26. The van der Waals surface area contributed by atoms with Crippen molar-refractivity contribution in [2.24, 2.45) is 0 Å². The van der Waals surface area contributed by atoms with Crippen molar-refractivity contribution in [3.8, 4) is 0 Å². The van der Waals surface area contributed by atoms with Gasteiger partial charge in [-0.1, -0.05) is 6.07 Å². The number of hydrogen-bond acceptors (Lipinski definition) is 3. The minimum absolute atomic E-state index is 0.0487. The summed E-state index contributed by atoms with van der Waals surface area (Å²) in [5.74, 6) is 0. The van der Waals surface area contributed by atoms with Crippen molar-refractivity contribution >= 4 is 0 Å². The number of pyridine rings is 1. The highest BCUT2D eigenvalue weighted by Gasteiger charge is 2.09. The molecule has 0 spiro atoms. The number of rotatable bonds is 3. The van der Waals surface area contributed by atoms with Crippen LogP contribution in [-0.4, -0.2) is 42.6 Å². The summed E-state index contributed by atoms with van der Waals surface area (Å²) in [5, 5.41) is 3.31. The van der Waals surface area contributed by atoms with Gasteiger partial charge in [-0.25, -0.2) is 0 Å². The Kier molecular flexibility index (Phi) is 3.53. The number of aromatic nitrogens is 1. The van der Waals surface area contributed by atoms with Crippen LogP contribution in [0.4, 0.5) is 0 Å². The van der Waals surface area contributed by atoms with Crippen molar-refractivity contribution in [3.63, 3.8) is 0 Å². The van der Waals surface area contributed by atoms with Crippen LogP contribution in [-0.2, 0) is 6.42 Å². The first-order valence-electron chi connectivity index (χ1n) is 5.46. The van der Waals surface area contributed by atoms with Crippen molar-refractivity contribution < 1.29 is 0 Å². The summed E-state index contributed by atoms with van der Waals surface area (Å²) in [5.41, 5.74) is 0.934. The molecule has 2 heterocycles. The van der Waals surface area contributed by atoms with Gasteiger partial charge in [0, 0.05) is 44.5 Å². The van der Waals surface area contributed by atoms with Gasteiger partial charge in [-0.05, 0) is 12.5 Å². The first-order valence-corrected chi connectivity index (χ1v) is 5.46. The van der Waals surface area contributed by atoms with Crippen molar-refractivity contribution in [3.05, 3.63) is 34.2 Å². The first kappa shape index (κ1) is 10.4. The molecule has 0 radical (unpaired) electrons. The number of nitrogens with one attached hydrogen (secondary N) is 2. The van der Waals surface area contributed by atoms with Crippen LogP contribution < -0.4 is 10.9 Å². The molecule has 0 atom stereocenters. The highest BCUT2D eigenvalue weighted by molar-refractivity contribution is 5.09. The first-order chi connectivity index (χ1) is 7.36. The van der Waals surface area contributed by atoms with E-state index in [1.54, 1.807) is 6.20 Å². The molecule has 0 aliphatic carbocycles. The van der Waals surface area contributed by atoms with E-state index >= 15 is 0 Å². The Morgan fingerprint density at radius 1 is 1.33 bits per heavy atom. The van der Waals surface area contributed by atoms with Crippen LogP contribution in [0.5, 0.6) is 0 Å². The molecule has 1 aromatic heterocycles. The van der Waals surface area contributed by atoms with Gasteiger partial charge in [-0.2, -0.15) is 0 Å². The zero-order valence-electron chi connectivity index (χ0n) is 8.83. The standard InChI is InChI=1S/C11H17N3O/c15-11-10(2-1-4-13-11)3-7-14-8-5-12-6-9-14/h1-2,4,12H,3,5-9H2,(H,13,15). The molecule has 15 heavy (non-hydrogen) atoms. The van der Waals surface area contributed by atoms with Gasteiger partial charge in [0.1, 0.15) is 0 Å². The SMILES string of the molecule is O=c1[nH]cccc1CCN1CCNCC1. The Morgan fingerprint density at radius 3 is 2.87 bits per heavy atom. The average Bonchev–Trinajstić information content (AvgIpc) is 2.29. The highest BCUT2D eigenvalue weighted by atomic mass is 16.1. The lowest BCUT2D eigenvalue weighted by molar-refractivity contribution is 0.243. The fourth-order valence-corrected chi connectivity index (χ4v) is 1.87. The van der Waals surface area contributed by atoms with E-state index in [-0.39, 0.29) is 5.56 Å². The van der Waals surface area contributed by atoms with E-state index < -0.39 is 0 Å². The lowest BCUT2D eigenvalue weighted by atomic mass is 10.2. The largest absolute Gasteiger partial charge is 0.329 e. The molecule has 4 heteroatoms. The van der Waals surface area contributed by atoms with Gasteiger partial charge < -0.3 is 15.2 Å². The molecular weight excluding hydrogens is 190 g/mol. The summed E-state index contributed by atoms with van der Waals surface area (Å²) < 4.78 is 0. The van der Waals surface area contributed by atoms with Gasteiger partial charge in [0.05, 0.1) is 0 Å². The second kappa shape index (κ2) is 5.09. The van der Waals surface area contributed by atoms with Crippen LogP contribution in [0, 0.1) is 0 Å². The molecule has 2 N–H and O–H groups in total. The van der Waals surface area contributed by atoms with Crippen molar-refractivity contribution in [1.82, 2.24) is 15.2 Å². The smallest absolute Gasteiger partial charge is 0.251 e. The van der Waals surface area contributed by atoms with Crippen LogP contribution in [0.2, 0.25) is 0 Å². The third kappa shape index (κ3) is 2.91. The van der Waals surface area contributed by atoms with Gasteiger partial charge in [-0.15, -0.1) is 0 Å². The zero-order valence-corrected chi connectivity index (χ0v) is 8.83. The topological polar surface area (TPSA) is 48.1 Å². The fraction of sp³-hybridized carbons (Fsp3) is 0.545. The molecular formula is C11H17N3O. The van der Waals surface area contributed by atoms with Crippen LogP contribution in [0.15, 0.2) is 23.1 Å². The molecule has 0 saturated carbocycles. The van der Waals surface area contributed by atoms with E-state index in [9.17, 15) is 4.79 Å². The second-order valence-corrected chi connectivity index (χ2v) is 3.87. The van der Waals surface area contributed by atoms with Gasteiger partial charge in [0.2, 0.25) is 0 Å². The Hall–Kier alpha value is -1.13. The van der Waals surface area contributed by atoms with E-state index in [0.717, 1.165) is 44.7 Å². The van der Waals surface area contributed by atoms with Crippen LogP contribution in [0.1, 0.15) is 5.56 Å². The van der Waals surface area contributed by atoms with E-state index in [1.807, 2.05) is 12.1 Å². The number of hydrogen-bond donors (Lipinski definition) is 2. The van der Waals surface area contributed by atoms with Crippen LogP contribution >= 0.6 is 0 Å². The summed E-state index contributed by atoms with van der Waals surface area (Å²) in [6.45, 7) is 5.28. The predicted octanol–water partition coefficient (Wildman–Crippen LogP) is -0.177. The summed E-state index contributed by atoms with van der Waals surface area (Å²) >= 11 is 0. The maximum atomic E-state index is 11.4. The minimum Gasteiger partial charge on any atom is -0.329 e. The third-order valence-electron chi connectivity index (χ3n) is 2.81. The molecule has 1 aliphatic rings. The quantitative estimate of drug-likeness (QED) is 0.723. The normalized spacial score (nSPS) is 17.9. The van der Waals surface area contributed by atoms with Gasteiger partial charge in [0.15, 0.2) is 0 Å². The van der Waals surface area contributed by atoms with Crippen LogP contribution in [0.3, 0.4) is 0 Å². The van der Waals surface area contributed by atoms with E-state index in [4.69, 9.17) is 0 Å². The molecule has 1 fully saturated rings. The van der Waals surface area contributed by atoms with Gasteiger partial charge in [0.25, 0.3) is 5.56 Å². The number of H-pyrrole nitrogens is 1. The third-order valence-corrected chi connectivity index (χ3v) is 2.81. The van der Waals surface area contributed by atoms with Crippen molar-refractivity contribution in [2.75, 3.05) is 32.7 Å². The van der Waals surface area contributed by atoms with Gasteiger partial charge in [-0.3, -0.25) is 4.79 Å². The summed E-state index contributed by atoms with van der Waals surface area (Å²) in [4.78, 5) is 16.5. The van der Waals surface area contributed by atoms with E-state index in [1.165, 1.54) is 0 Å². The van der Waals surface area contributed by atoms with Crippen molar-refractivity contribution in [2.45, 2.75) is 6.42 Å². The maximum absolute atomic E-state index is 11.4. The molecule has 4 nitrogen and oxygen atoms in total. The highest BCUT2D eigenvalue weighted by Crippen LogP contribution is 1.97. The molecule has 0 unspecified atom stereocenters. The Bertz CT molecular complexity index is 355. The predicted molar refractivity (Wildman–Crippen MR) is 60.1 cm³/mol. The molecule has 1 aliphatic heterocycles. The van der Waals surface area contributed by atoms with Crippen molar-refractivity contribution in [1.29, 1.82) is 0 Å². The number of aromatic amines is 1. The number of nitrogens with zero attached hydrogens (tertiary/aromatic N) is 1. The maximum Gasteiger partial charge on any atom is 0.251 e. The molecule has 1 saturated heterocycles. The molecule has 82 valence electrons. The summed E-state index contributed by atoms with van der Waals surface area (Å²) in [6, 6.07) is 3.79. The Labute approximate surface area is 89.3 Å².